The number of hydrogen-bond donors (Lipinski definition) is 0. The first kappa shape index (κ1) is 22.7. The van der Waals surface area contributed by atoms with Crippen molar-refractivity contribution in [3.63, 3.8) is 0 Å². The van der Waals surface area contributed by atoms with Gasteiger partial charge in [-0.15, -0.1) is 0 Å². The van der Waals surface area contributed by atoms with Gasteiger partial charge < -0.3 is 0 Å². The van der Waals surface area contributed by atoms with Crippen molar-refractivity contribution < 1.29 is 65.9 Å². The van der Waals surface area contributed by atoms with Crippen molar-refractivity contribution in [2.75, 3.05) is 0 Å². The van der Waals surface area contributed by atoms with Crippen LogP contribution in [0.1, 0.15) is 12.8 Å². The quantitative estimate of drug-likeness (QED) is 0.372. The SMILES string of the molecule is FC(F)(F)C(F)(F)C(F)(F)C(F)(F)C(F)(F)C(F)(C1=CCC1)C(F)(F)F. The van der Waals surface area contributed by atoms with Crippen LogP contribution in [0.2, 0.25) is 0 Å². The largest absolute Gasteiger partial charge is 0.460 e. The molecule has 154 valence electrons. The number of alkyl halides is 15. The van der Waals surface area contributed by atoms with E-state index in [9.17, 15) is 65.9 Å². The van der Waals surface area contributed by atoms with Crippen LogP contribution < -0.4 is 0 Å². The van der Waals surface area contributed by atoms with Gasteiger partial charge >= 0.3 is 36.0 Å². The molecule has 26 heavy (non-hydrogen) atoms. The highest BCUT2D eigenvalue weighted by Crippen LogP contribution is 2.64. The molecule has 0 fully saturated rings. The topological polar surface area (TPSA) is 0 Å². The van der Waals surface area contributed by atoms with E-state index in [1.54, 1.807) is 0 Å². The summed E-state index contributed by atoms with van der Waals surface area (Å²) >= 11 is 0. The second kappa shape index (κ2) is 5.59. The molecular weight excluding hydrogens is 417 g/mol. The van der Waals surface area contributed by atoms with Crippen molar-refractivity contribution in [1.82, 2.24) is 0 Å². The third-order valence-corrected chi connectivity index (χ3v) is 3.61. The van der Waals surface area contributed by atoms with Gasteiger partial charge in [0.1, 0.15) is 0 Å². The van der Waals surface area contributed by atoms with E-state index in [1.807, 2.05) is 0 Å². The lowest BCUT2D eigenvalue weighted by molar-refractivity contribution is -0.442. The fourth-order valence-electron chi connectivity index (χ4n) is 1.95. The molecular formula is C11H5F15. The molecule has 0 radical (unpaired) electrons. The minimum absolute atomic E-state index is 0.0441. The summed E-state index contributed by atoms with van der Waals surface area (Å²) in [7, 11) is 0. The van der Waals surface area contributed by atoms with E-state index < -0.39 is 60.1 Å². The molecule has 0 spiro atoms. The standard InChI is InChI=1S/C11H5F15/c12-5(10(21,22)23,4-2-1-3-4)6(13,14)7(15,16)8(17,18)9(19,20)11(24,25)26/h2H,1,3H2. The van der Waals surface area contributed by atoms with Gasteiger partial charge in [-0.1, -0.05) is 6.08 Å². The lowest BCUT2D eigenvalue weighted by Crippen LogP contribution is -2.73. The molecule has 0 nitrogen and oxygen atoms in total. The summed E-state index contributed by atoms with van der Waals surface area (Å²) in [4.78, 5) is 0. The Morgan fingerprint density at radius 1 is 0.500 bits per heavy atom. The van der Waals surface area contributed by atoms with Crippen LogP contribution in [-0.4, -0.2) is 41.7 Å². The minimum atomic E-state index is -8.12. The second-order valence-electron chi connectivity index (χ2n) is 5.22. The van der Waals surface area contributed by atoms with E-state index in [0.29, 0.717) is 0 Å². The van der Waals surface area contributed by atoms with E-state index in [-0.39, 0.29) is 6.08 Å². The molecule has 0 aromatic carbocycles. The maximum Gasteiger partial charge on any atom is 0.460 e. The molecule has 15 heteroatoms. The van der Waals surface area contributed by atoms with E-state index in [4.69, 9.17) is 0 Å². The van der Waals surface area contributed by atoms with Crippen LogP contribution in [0.4, 0.5) is 65.9 Å². The molecule has 0 amide bonds. The predicted molar refractivity (Wildman–Crippen MR) is 53.1 cm³/mol. The molecule has 0 heterocycles. The summed E-state index contributed by atoms with van der Waals surface area (Å²) in [5, 5.41) is 0. The highest BCUT2D eigenvalue weighted by Gasteiger charge is 2.93. The van der Waals surface area contributed by atoms with Crippen LogP contribution in [-0.2, 0) is 0 Å². The van der Waals surface area contributed by atoms with Gasteiger partial charge in [-0.3, -0.25) is 0 Å². The fraction of sp³-hybridized carbons (Fsp3) is 0.818. The van der Waals surface area contributed by atoms with Gasteiger partial charge in [0, 0.05) is 0 Å². The van der Waals surface area contributed by atoms with Gasteiger partial charge in [-0.2, -0.15) is 61.5 Å². The zero-order valence-corrected chi connectivity index (χ0v) is 11.7. The third kappa shape index (κ3) is 2.55. The molecule has 1 rings (SSSR count). The number of allylic oxidation sites excluding steroid dienone is 2. The Morgan fingerprint density at radius 3 is 1.08 bits per heavy atom. The Kier molecular flexibility index (Phi) is 4.89. The summed E-state index contributed by atoms with van der Waals surface area (Å²) in [6.07, 6.45) is -16.5. The van der Waals surface area contributed by atoms with Crippen LogP contribution in [0.3, 0.4) is 0 Å². The van der Waals surface area contributed by atoms with Gasteiger partial charge in [0.25, 0.3) is 5.67 Å². The van der Waals surface area contributed by atoms with Crippen molar-refractivity contribution in [3.05, 3.63) is 11.6 Å². The monoisotopic (exact) mass is 422 g/mol. The first-order valence-electron chi connectivity index (χ1n) is 6.14. The highest BCUT2D eigenvalue weighted by atomic mass is 19.4. The molecule has 1 atom stereocenters. The van der Waals surface area contributed by atoms with Crippen LogP contribution in [0.5, 0.6) is 0 Å². The van der Waals surface area contributed by atoms with E-state index in [0.717, 1.165) is 0 Å². The molecule has 0 saturated heterocycles. The Labute approximate surface area is 133 Å². The van der Waals surface area contributed by atoms with Gasteiger partial charge in [-0.25, -0.2) is 4.39 Å². The van der Waals surface area contributed by atoms with Crippen molar-refractivity contribution in [2.24, 2.45) is 0 Å². The molecule has 1 aliphatic rings. The minimum Gasteiger partial charge on any atom is -0.222 e. The van der Waals surface area contributed by atoms with Crippen molar-refractivity contribution in [1.29, 1.82) is 0 Å². The highest BCUT2D eigenvalue weighted by molar-refractivity contribution is 5.33. The molecule has 0 aliphatic heterocycles. The average Bonchev–Trinajstić information content (AvgIpc) is 2.32. The summed E-state index contributed by atoms with van der Waals surface area (Å²) in [6.45, 7) is 0. The first-order valence-corrected chi connectivity index (χ1v) is 6.14. The summed E-state index contributed by atoms with van der Waals surface area (Å²) < 4.78 is 192. The molecule has 0 bridgehead atoms. The van der Waals surface area contributed by atoms with Crippen molar-refractivity contribution >= 4 is 0 Å². The lowest BCUT2D eigenvalue weighted by Gasteiger charge is -2.45. The second-order valence-corrected chi connectivity index (χ2v) is 5.22. The average molecular weight is 422 g/mol. The van der Waals surface area contributed by atoms with Gasteiger partial charge in [0.2, 0.25) is 0 Å². The Balaban J connectivity index is 3.67. The van der Waals surface area contributed by atoms with Crippen LogP contribution in [0.15, 0.2) is 11.6 Å². The maximum absolute atomic E-state index is 13.9. The smallest absolute Gasteiger partial charge is 0.222 e. The molecule has 1 aliphatic carbocycles. The fourth-order valence-corrected chi connectivity index (χ4v) is 1.95. The zero-order valence-electron chi connectivity index (χ0n) is 11.7. The third-order valence-electron chi connectivity index (χ3n) is 3.61. The molecule has 0 saturated carbocycles. The zero-order chi connectivity index (χ0) is 21.2. The molecule has 0 aromatic rings. The molecule has 1 unspecified atom stereocenters. The Hall–Kier alpha value is -1.31. The lowest BCUT2D eigenvalue weighted by atomic mass is 9.76. The van der Waals surface area contributed by atoms with Crippen LogP contribution in [0.25, 0.3) is 0 Å². The summed E-state index contributed by atoms with van der Waals surface area (Å²) in [5.41, 5.74) is -8.78. The number of halogens is 15. The number of rotatable bonds is 5. The van der Waals surface area contributed by atoms with Crippen LogP contribution >= 0.6 is 0 Å². The normalized spacial score (nSPS) is 20.3. The maximum atomic E-state index is 13.9. The van der Waals surface area contributed by atoms with Gasteiger partial charge in [-0.05, 0) is 18.4 Å². The van der Waals surface area contributed by atoms with Crippen molar-refractivity contribution in [3.8, 4) is 0 Å². The summed E-state index contributed by atoms with van der Waals surface area (Å²) in [5.74, 6) is -31.8. The van der Waals surface area contributed by atoms with Crippen molar-refractivity contribution in [2.45, 2.75) is 54.6 Å². The summed E-state index contributed by atoms with van der Waals surface area (Å²) in [6, 6.07) is 0. The first-order chi connectivity index (χ1) is 11.1. The number of hydrogen-bond acceptors (Lipinski definition) is 0. The molecule has 0 aromatic heterocycles. The van der Waals surface area contributed by atoms with E-state index >= 15 is 0 Å². The van der Waals surface area contributed by atoms with Gasteiger partial charge in [0.15, 0.2) is 0 Å². The Morgan fingerprint density at radius 2 is 0.846 bits per heavy atom. The predicted octanol–water partition coefficient (Wildman–Crippen LogP) is 6.08. The van der Waals surface area contributed by atoms with E-state index in [1.165, 1.54) is 0 Å². The van der Waals surface area contributed by atoms with E-state index in [2.05, 4.69) is 0 Å². The Bertz CT molecular complexity index is 577. The molecule has 0 N–H and O–H groups in total. The van der Waals surface area contributed by atoms with Crippen LogP contribution in [0, 0.1) is 0 Å². The van der Waals surface area contributed by atoms with Gasteiger partial charge in [0.05, 0.1) is 0 Å².